The monoisotopic (exact) mass is 277 g/mol. The lowest BCUT2D eigenvalue weighted by molar-refractivity contribution is 0.0948. The van der Waals surface area contributed by atoms with Gasteiger partial charge >= 0.3 is 0 Å². The van der Waals surface area contributed by atoms with E-state index in [-0.39, 0.29) is 17.2 Å². The molecule has 1 aromatic carbocycles. The predicted octanol–water partition coefficient (Wildman–Crippen LogP) is 2.51. The van der Waals surface area contributed by atoms with Gasteiger partial charge in [0.05, 0.1) is 10.6 Å². The van der Waals surface area contributed by atoms with E-state index in [2.05, 4.69) is 5.32 Å². The molecule has 100 valence electrons. The number of amides is 1. The van der Waals surface area contributed by atoms with Crippen LogP contribution in [0, 0.1) is 11.6 Å². The van der Waals surface area contributed by atoms with Crippen molar-refractivity contribution in [3.05, 3.63) is 34.4 Å². The van der Waals surface area contributed by atoms with E-state index in [4.69, 9.17) is 16.7 Å². The zero-order valence-corrected chi connectivity index (χ0v) is 10.4. The molecule has 0 aliphatic rings. The van der Waals surface area contributed by atoms with E-state index in [9.17, 15) is 13.6 Å². The fourth-order valence-electron chi connectivity index (χ4n) is 1.41. The topological polar surface area (TPSA) is 49.3 Å². The zero-order chi connectivity index (χ0) is 13.5. The van der Waals surface area contributed by atoms with Crippen molar-refractivity contribution in [2.75, 3.05) is 13.2 Å². The Hall–Kier alpha value is -1.20. The van der Waals surface area contributed by atoms with Crippen LogP contribution in [0.15, 0.2) is 12.1 Å². The van der Waals surface area contributed by atoms with E-state index < -0.39 is 17.5 Å². The van der Waals surface area contributed by atoms with E-state index in [1.165, 1.54) is 0 Å². The molecule has 1 aromatic rings. The van der Waals surface area contributed by atoms with Gasteiger partial charge in [-0.1, -0.05) is 11.6 Å². The molecule has 0 heterocycles. The fourth-order valence-corrected chi connectivity index (χ4v) is 1.56. The summed E-state index contributed by atoms with van der Waals surface area (Å²) in [5.74, 6) is -2.36. The number of carbonyl (C=O) groups is 1. The number of unbranched alkanes of at least 4 members (excludes halogenated alkanes) is 2. The molecule has 1 rings (SSSR count). The van der Waals surface area contributed by atoms with Crippen LogP contribution in [0.25, 0.3) is 0 Å². The van der Waals surface area contributed by atoms with Gasteiger partial charge in [-0.25, -0.2) is 8.78 Å². The van der Waals surface area contributed by atoms with Gasteiger partial charge in [0.2, 0.25) is 0 Å². The van der Waals surface area contributed by atoms with Gasteiger partial charge in [0.25, 0.3) is 5.91 Å². The van der Waals surface area contributed by atoms with E-state index in [0.29, 0.717) is 19.4 Å². The Bertz CT molecular complexity index is 427. The average molecular weight is 278 g/mol. The Morgan fingerprint density at radius 1 is 1.22 bits per heavy atom. The molecule has 0 saturated carbocycles. The van der Waals surface area contributed by atoms with Crippen LogP contribution in [-0.2, 0) is 0 Å². The molecule has 3 nitrogen and oxygen atoms in total. The van der Waals surface area contributed by atoms with Crippen molar-refractivity contribution in [1.82, 2.24) is 5.32 Å². The highest BCUT2D eigenvalue weighted by Gasteiger charge is 2.14. The Morgan fingerprint density at radius 2 is 1.94 bits per heavy atom. The predicted molar refractivity (Wildman–Crippen MR) is 64.6 cm³/mol. The molecular formula is C12H14ClF2NO2. The largest absolute Gasteiger partial charge is 0.396 e. The van der Waals surface area contributed by atoms with E-state index in [0.717, 1.165) is 18.6 Å². The van der Waals surface area contributed by atoms with Crippen LogP contribution in [0.4, 0.5) is 8.78 Å². The van der Waals surface area contributed by atoms with E-state index in [1.807, 2.05) is 0 Å². The number of nitrogens with one attached hydrogen (secondary N) is 1. The maximum atomic E-state index is 13.4. The van der Waals surface area contributed by atoms with Gasteiger partial charge in [-0.15, -0.1) is 0 Å². The number of hydrogen-bond acceptors (Lipinski definition) is 2. The molecule has 0 saturated heterocycles. The fraction of sp³-hybridized carbons (Fsp3) is 0.417. The molecule has 0 aliphatic carbocycles. The summed E-state index contributed by atoms with van der Waals surface area (Å²) in [5, 5.41) is 10.7. The third kappa shape index (κ3) is 4.23. The number of aliphatic hydroxyl groups is 1. The molecular weight excluding hydrogens is 264 g/mol. The molecule has 0 unspecified atom stereocenters. The van der Waals surface area contributed by atoms with Gasteiger partial charge in [-0.2, -0.15) is 0 Å². The molecule has 18 heavy (non-hydrogen) atoms. The molecule has 2 N–H and O–H groups in total. The van der Waals surface area contributed by atoms with Gasteiger partial charge in [0.1, 0.15) is 11.6 Å². The van der Waals surface area contributed by atoms with Crippen molar-refractivity contribution >= 4 is 17.5 Å². The third-order valence-corrected chi connectivity index (χ3v) is 2.66. The smallest absolute Gasteiger partial charge is 0.254 e. The molecule has 0 radical (unpaired) electrons. The van der Waals surface area contributed by atoms with Crippen molar-refractivity contribution in [1.29, 1.82) is 0 Å². The van der Waals surface area contributed by atoms with Gasteiger partial charge in [0, 0.05) is 13.2 Å². The normalized spacial score (nSPS) is 10.4. The van der Waals surface area contributed by atoms with Crippen molar-refractivity contribution in [3.63, 3.8) is 0 Å². The minimum absolute atomic E-state index is 0.102. The van der Waals surface area contributed by atoms with Crippen LogP contribution in [-0.4, -0.2) is 24.2 Å². The number of aliphatic hydroxyl groups excluding tert-OH is 1. The summed E-state index contributed by atoms with van der Waals surface area (Å²) in [6, 6.07) is 1.55. The number of rotatable bonds is 6. The zero-order valence-electron chi connectivity index (χ0n) is 9.68. The number of halogens is 3. The lowest BCUT2D eigenvalue weighted by Crippen LogP contribution is -2.25. The van der Waals surface area contributed by atoms with Crippen LogP contribution in [0.2, 0.25) is 5.02 Å². The first-order chi connectivity index (χ1) is 8.56. The van der Waals surface area contributed by atoms with Crippen LogP contribution in [0.5, 0.6) is 0 Å². The molecule has 6 heteroatoms. The quantitative estimate of drug-likeness (QED) is 0.620. The minimum Gasteiger partial charge on any atom is -0.396 e. The number of benzene rings is 1. The maximum Gasteiger partial charge on any atom is 0.254 e. The highest BCUT2D eigenvalue weighted by molar-refractivity contribution is 6.30. The Morgan fingerprint density at radius 3 is 2.61 bits per heavy atom. The van der Waals surface area contributed by atoms with Crippen LogP contribution in [0.3, 0.4) is 0 Å². The molecule has 0 spiro atoms. The summed E-state index contributed by atoms with van der Waals surface area (Å²) in [4.78, 5) is 11.6. The molecule has 0 atom stereocenters. The van der Waals surface area contributed by atoms with Gasteiger partial charge in [0.15, 0.2) is 0 Å². The van der Waals surface area contributed by atoms with Crippen LogP contribution in [0.1, 0.15) is 29.6 Å². The highest BCUT2D eigenvalue weighted by Crippen LogP contribution is 2.19. The summed E-state index contributed by atoms with van der Waals surface area (Å²) in [5.41, 5.74) is -0.362. The Balaban J connectivity index is 2.54. The van der Waals surface area contributed by atoms with Crippen molar-refractivity contribution in [3.8, 4) is 0 Å². The van der Waals surface area contributed by atoms with Gasteiger partial charge in [-0.05, 0) is 31.4 Å². The minimum atomic E-state index is -0.853. The summed E-state index contributed by atoms with van der Waals surface area (Å²) < 4.78 is 26.5. The summed E-state index contributed by atoms with van der Waals surface area (Å²) in [6.07, 6.45) is 2.08. The molecule has 0 bridgehead atoms. The Labute approximate surface area is 109 Å². The highest BCUT2D eigenvalue weighted by atomic mass is 35.5. The first-order valence-corrected chi connectivity index (χ1v) is 5.97. The summed E-state index contributed by atoms with van der Waals surface area (Å²) in [6.45, 7) is 0.452. The molecule has 1 amide bonds. The number of carbonyl (C=O) groups excluding carboxylic acids is 1. The van der Waals surface area contributed by atoms with Crippen LogP contribution < -0.4 is 5.32 Å². The summed E-state index contributed by atoms with van der Waals surface area (Å²) >= 11 is 5.38. The molecule has 0 fully saturated rings. The first kappa shape index (κ1) is 14.9. The SMILES string of the molecule is O=C(NCCCCCO)c1cc(F)c(Cl)cc1F. The third-order valence-electron chi connectivity index (χ3n) is 2.38. The molecule has 0 aliphatic heterocycles. The second-order valence-corrected chi connectivity index (χ2v) is 4.19. The van der Waals surface area contributed by atoms with Crippen molar-refractivity contribution < 1.29 is 18.7 Å². The van der Waals surface area contributed by atoms with E-state index >= 15 is 0 Å². The second-order valence-electron chi connectivity index (χ2n) is 3.79. The first-order valence-electron chi connectivity index (χ1n) is 5.60. The molecule has 0 aromatic heterocycles. The lowest BCUT2D eigenvalue weighted by Gasteiger charge is -2.06. The Kier molecular flexibility index (Phi) is 6.01. The summed E-state index contributed by atoms with van der Waals surface area (Å²) in [7, 11) is 0. The van der Waals surface area contributed by atoms with Gasteiger partial charge in [-0.3, -0.25) is 4.79 Å². The van der Waals surface area contributed by atoms with E-state index in [1.54, 1.807) is 0 Å². The standard InChI is InChI=1S/C12H14ClF2NO2/c13-9-7-10(14)8(6-11(9)15)12(18)16-4-2-1-3-5-17/h6-7,17H,1-5H2,(H,16,18). The van der Waals surface area contributed by atoms with Crippen molar-refractivity contribution in [2.24, 2.45) is 0 Å². The number of hydrogen-bond donors (Lipinski definition) is 2. The second kappa shape index (κ2) is 7.28. The maximum absolute atomic E-state index is 13.4. The van der Waals surface area contributed by atoms with Crippen molar-refractivity contribution in [2.45, 2.75) is 19.3 Å². The average Bonchev–Trinajstić information content (AvgIpc) is 2.33. The van der Waals surface area contributed by atoms with Crippen LogP contribution >= 0.6 is 11.6 Å². The lowest BCUT2D eigenvalue weighted by atomic mass is 10.2. The van der Waals surface area contributed by atoms with Gasteiger partial charge < -0.3 is 10.4 Å².